The van der Waals surface area contributed by atoms with Gasteiger partial charge in [0.1, 0.15) is 5.75 Å². The van der Waals surface area contributed by atoms with Gasteiger partial charge < -0.3 is 5.11 Å². The summed E-state index contributed by atoms with van der Waals surface area (Å²) in [7, 11) is 0. The number of thioether (sulfide) groups is 1. The first kappa shape index (κ1) is 9.87. The van der Waals surface area contributed by atoms with E-state index in [0.717, 1.165) is 11.5 Å². The number of benzene rings is 1. The van der Waals surface area contributed by atoms with E-state index in [1.807, 2.05) is 23.9 Å². The van der Waals surface area contributed by atoms with Crippen LogP contribution in [0.5, 0.6) is 5.75 Å². The minimum absolute atomic E-state index is 0.356. The van der Waals surface area contributed by atoms with Crippen molar-refractivity contribution in [1.29, 1.82) is 0 Å². The van der Waals surface area contributed by atoms with Crippen molar-refractivity contribution in [3.63, 3.8) is 0 Å². The van der Waals surface area contributed by atoms with Gasteiger partial charge in [-0.2, -0.15) is 11.8 Å². The van der Waals surface area contributed by atoms with Crippen LogP contribution in [0, 0.1) is 0 Å². The highest BCUT2D eigenvalue weighted by atomic mass is 32.2. The zero-order valence-electron chi connectivity index (χ0n) is 7.99. The third-order valence-corrected chi connectivity index (χ3v) is 4.21. The SMILES string of the molecule is CCSCc1cc2ccc(O)cc2s1. The first-order chi connectivity index (χ1) is 6.79. The molecule has 1 N–H and O–H groups in total. The van der Waals surface area contributed by atoms with Crippen molar-refractivity contribution in [2.45, 2.75) is 12.7 Å². The second-order valence-electron chi connectivity index (χ2n) is 3.07. The largest absolute Gasteiger partial charge is 0.508 e. The molecule has 1 aromatic heterocycles. The topological polar surface area (TPSA) is 20.2 Å². The van der Waals surface area contributed by atoms with Gasteiger partial charge in [0.2, 0.25) is 0 Å². The summed E-state index contributed by atoms with van der Waals surface area (Å²) in [6.45, 7) is 2.17. The molecular formula is C11H12OS2. The molecule has 0 aliphatic heterocycles. The molecule has 1 heterocycles. The Labute approximate surface area is 91.8 Å². The smallest absolute Gasteiger partial charge is 0.117 e. The van der Waals surface area contributed by atoms with Crippen LogP contribution in [0.1, 0.15) is 11.8 Å². The molecule has 0 aliphatic rings. The van der Waals surface area contributed by atoms with Crippen LogP contribution < -0.4 is 0 Å². The highest BCUT2D eigenvalue weighted by Gasteiger charge is 2.01. The molecule has 0 unspecified atom stereocenters. The van der Waals surface area contributed by atoms with Crippen LogP contribution in [0.2, 0.25) is 0 Å². The number of fused-ring (bicyclic) bond motifs is 1. The van der Waals surface area contributed by atoms with Gasteiger partial charge in [0.05, 0.1) is 0 Å². The number of rotatable bonds is 3. The molecule has 0 saturated heterocycles. The molecule has 74 valence electrons. The number of phenolic OH excluding ortho intramolecular Hbond substituents is 1. The maximum absolute atomic E-state index is 9.32. The Morgan fingerprint density at radius 3 is 3.00 bits per heavy atom. The van der Waals surface area contributed by atoms with E-state index in [4.69, 9.17) is 0 Å². The van der Waals surface area contributed by atoms with Crippen molar-refractivity contribution in [2.75, 3.05) is 5.75 Å². The van der Waals surface area contributed by atoms with E-state index in [9.17, 15) is 5.11 Å². The van der Waals surface area contributed by atoms with E-state index in [0.29, 0.717) is 5.75 Å². The predicted molar refractivity (Wildman–Crippen MR) is 65.3 cm³/mol. The van der Waals surface area contributed by atoms with Crippen LogP contribution in [0.4, 0.5) is 0 Å². The molecular weight excluding hydrogens is 212 g/mol. The minimum atomic E-state index is 0.356. The van der Waals surface area contributed by atoms with Crippen molar-refractivity contribution in [2.24, 2.45) is 0 Å². The lowest BCUT2D eigenvalue weighted by molar-refractivity contribution is 0.476. The third-order valence-electron chi connectivity index (χ3n) is 2.00. The summed E-state index contributed by atoms with van der Waals surface area (Å²) in [4.78, 5) is 1.39. The molecule has 0 atom stereocenters. The van der Waals surface area contributed by atoms with Gasteiger partial charge in [0.25, 0.3) is 0 Å². The van der Waals surface area contributed by atoms with Gasteiger partial charge >= 0.3 is 0 Å². The van der Waals surface area contributed by atoms with Crippen LogP contribution in [-0.2, 0) is 5.75 Å². The van der Waals surface area contributed by atoms with E-state index >= 15 is 0 Å². The molecule has 2 rings (SSSR count). The van der Waals surface area contributed by atoms with Gasteiger partial charge in [0.15, 0.2) is 0 Å². The van der Waals surface area contributed by atoms with Gasteiger partial charge in [-0.25, -0.2) is 0 Å². The Kier molecular flexibility index (Phi) is 2.99. The van der Waals surface area contributed by atoms with Gasteiger partial charge in [-0.3, -0.25) is 0 Å². The van der Waals surface area contributed by atoms with Crippen molar-refractivity contribution in [3.05, 3.63) is 29.1 Å². The van der Waals surface area contributed by atoms with Crippen LogP contribution in [-0.4, -0.2) is 10.9 Å². The zero-order chi connectivity index (χ0) is 9.97. The first-order valence-corrected chi connectivity index (χ1v) is 6.56. The average molecular weight is 224 g/mol. The lowest BCUT2D eigenvalue weighted by Gasteiger charge is -1.91. The van der Waals surface area contributed by atoms with E-state index in [-0.39, 0.29) is 0 Å². The van der Waals surface area contributed by atoms with E-state index in [2.05, 4.69) is 13.0 Å². The first-order valence-electron chi connectivity index (χ1n) is 4.59. The van der Waals surface area contributed by atoms with Gasteiger partial charge in [0, 0.05) is 15.3 Å². The lowest BCUT2D eigenvalue weighted by atomic mass is 10.2. The zero-order valence-corrected chi connectivity index (χ0v) is 9.62. The number of hydrogen-bond donors (Lipinski definition) is 1. The van der Waals surface area contributed by atoms with E-state index in [1.165, 1.54) is 15.0 Å². The quantitative estimate of drug-likeness (QED) is 0.854. The molecule has 0 spiro atoms. The molecule has 14 heavy (non-hydrogen) atoms. The molecule has 0 saturated carbocycles. The second-order valence-corrected chi connectivity index (χ2v) is 5.51. The van der Waals surface area contributed by atoms with Gasteiger partial charge in [-0.1, -0.05) is 6.92 Å². The van der Waals surface area contributed by atoms with E-state index in [1.54, 1.807) is 17.4 Å². The number of thiophene rings is 1. The third kappa shape index (κ3) is 2.04. The van der Waals surface area contributed by atoms with Crippen molar-refractivity contribution in [1.82, 2.24) is 0 Å². The second kappa shape index (κ2) is 4.24. The molecule has 0 fully saturated rings. The fraction of sp³-hybridized carbons (Fsp3) is 0.273. The summed E-state index contributed by atoms with van der Waals surface area (Å²) < 4.78 is 1.18. The summed E-state index contributed by atoms with van der Waals surface area (Å²) in [5.74, 6) is 2.59. The summed E-state index contributed by atoms with van der Waals surface area (Å²) in [5, 5.41) is 10.6. The van der Waals surface area contributed by atoms with E-state index < -0.39 is 0 Å². The minimum Gasteiger partial charge on any atom is -0.508 e. The normalized spacial score (nSPS) is 10.9. The predicted octanol–water partition coefficient (Wildman–Crippen LogP) is 3.86. The molecule has 0 bridgehead atoms. The Bertz CT molecular complexity index is 434. The van der Waals surface area contributed by atoms with Crippen LogP contribution in [0.15, 0.2) is 24.3 Å². The summed E-state index contributed by atoms with van der Waals surface area (Å²) in [6, 6.07) is 7.76. The number of hydrogen-bond acceptors (Lipinski definition) is 3. The molecule has 0 radical (unpaired) electrons. The van der Waals surface area contributed by atoms with Crippen molar-refractivity contribution in [3.8, 4) is 5.75 Å². The standard InChI is InChI=1S/C11H12OS2/c1-2-13-7-10-5-8-3-4-9(12)6-11(8)14-10/h3-6,12H,2,7H2,1H3. The fourth-order valence-electron chi connectivity index (χ4n) is 1.35. The molecule has 1 nitrogen and oxygen atoms in total. The maximum atomic E-state index is 9.32. The lowest BCUT2D eigenvalue weighted by Crippen LogP contribution is -1.71. The van der Waals surface area contributed by atoms with Crippen LogP contribution >= 0.6 is 23.1 Å². The van der Waals surface area contributed by atoms with Crippen molar-refractivity contribution < 1.29 is 5.11 Å². The average Bonchev–Trinajstić information content (AvgIpc) is 2.56. The van der Waals surface area contributed by atoms with Crippen molar-refractivity contribution >= 4 is 33.2 Å². The maximum Gasteiger partial charge on any atom is 0.117 e. The fourth-order valence-corrected chi connectivity index (χ4v) is 3.22. The Hall–Kier alpha value is -0.670. The number of phenols is 1. The Morgan fingerprint density at radius 1 is 1.36 bits per heavy atom. The Balaban J connectivity index is 2.32. The molecule has 0 amide bonds. The molecule has 3 heteroatoms. The monoisotopic (exact) mass is 224 g/mol. The van der Waals surface area contributed by atoms with Crippen LogP contribution in [0.25, 0.3) is 10.1 Å². The van der Waals surface area contributed by atoms with Crippen LogP contribution in [0.3, 0.4) is 0 Å². The Morgan fingerprint density at radius 2 is 2.21 bits per heavy atom. The van der Waals surface area contributed by atoms with Gasteiger partial charge in [-0.15, -0.1) is 11.3 Å². The summed E-state index contributed by atoms with van der Waals surface area (Å²) >= 11 is 3.70. The highest BCUT2D eigenvalue weighted by molar-refractivity contribution is 7.98. The number of aromatic hydroxyl groups is 1. The highest BCUT2D eigenvalue weighted by Crippen LogP contribution is 2.30. The summed E-state index contributed by atoms with van der Waals surface area (Å²) in [6.07, 6.45) is 0. The molecule has 2 aromatic rings. The summed E-state index contributed by atoms with van der Waals surface area (Å²) in [5.41, 5.74) is 0. The molecule has 0 aliphatic carbocycles. The van der Waals surface area contributed by atoms with Gasteiger partial charge in [-0.05, 0) is 35.4 Å². The molecule has 1 aromatic carbocycles.